The van der Waals surface area contributed by atoms with Gasteiger partial charge in [-0.25, -0.2) is 4.98 Å². The van der Waals surface area contributed by atoms with Gasteiger partial charge in [0.1, 0.15) is 5.82 Å². The van der Waals surface area contributed by atoms with Crippen LogP contribution < -0.4 is 5.56 Å². The third-order valence-corrected chi connectivity index (χ3v) is 7.11. The Kier molecular flexibility index (Phi) is 8.31. The van der Waals surface area contributed by atoms with Crippen molar-refractivity contribution in [3.63, 3.8) is 0 Å². The lowest BCUT2D eigenvalue weighted by atomic mass is 10.1. The smallest absolute Gasteiger partial charge is 0.266 e. The lowest BCUT2D eigenvalue weighted by Crippen LogP contribution is -2.39. The SMILES string of the molecule is CCC(c1nc2ccccc2c(=O)n1-c1cccc(C)c1)N(CCc1ccccc1)C(=O)C=Cc1ccccc1. The van der Waals surface area contributed by atoms with Crippen LogP contribution in [0.5, 0.6) is 0 Å². The predicted molar refractivity (Wildman–Crippen MR) is 162 cm³/mol. The van der Waals surface area contributed by atoms with Crippen LogP contribution in [-0.2, 0) is 11.2 Å². The van der Waals surface area contributed by atoms with Crippen LogP contribution in [0.25, 0.3) is 22.7 Å². The highest BCUT2D eigenvalue weighted by Crippen LogP contribution is 2.27. The van der Waals surface area contributed by atoms with E-state index in [1.165, 1.54) is 0 Å². The van der Waals surface area contributed by atoms with Gasteiger partial charge in [0.15, 0.2) is 0 Å². The molecule has 5 nitrogen and oxygen atoms in total. The van der Waals surface area contributed by atoms with Crippen molar-refractivity contribution in [2.45, 2.75) is 32.7 Å². The van der Waals surface area contributed by atoms with E-state index in [2.05, 4.69) is 12.1 Å². The van der Waals surface area contributed by atoms with E-state index in [1.807, 2.05) is 122 Å². The van der Waals surface area contributed by atoms with E-state index in [4.69, 9.17) is 4.98 Å². The number of benzene rings is 4. The van der Waals surface area contributed by atoms with Crippen LogP contribution >= 0.6 is 0 Å². The first-order chi connectivity index (χ1) is 19.5. The van der Waals surface area contributed by atoms with Gasteiger partial charge in [-0.3, -0.25) is 14.2 Å². The predicted octanol–water partition coefficient (Wildman–Crippen LogP) is 6.93. The van der Waals surface area contributed by atoms with Crippen molar-refractivity contribution >= 4 is 22.9 Å². The second kappa shape index (κ2) is 12.4. The number of hydrogen-bond acceptors (Lipinski definition) is 3. The normalized spacial score (nSPS) is 12.1. The molecule has 5 heteroatoms. The van der Waals surface area contributed by atoms with Crippen molar-refractivity contribution in [1.29, 1.82) is 0 Å². The zero-order chi connectivity index (χ0) is 27.9. The first-order valence-electron chi connectivity index (χ1n) is 13.7. The van der Waals surface area contributed by atoms with Gasteiger partial charge in [0.05, 0.1) is 22.6 Å². The van der Waals surface area contributed by atoms with Crippen molar-refractivity contribution in [1.82, 2.24) is 14.5 Å². The first kappa shape index (κ1) is 26.8. The quantitative estimate of drug-likeness (QED) is 0.195. The van der Waals surface area contributed by atoms with Crippen LogP contribution in [0.2, 0.25) is 0 Å². The van der Waals surface area contributed by atoms with Gasteiger partial charge in [-0.05, 0) is 66.8 Å². The van der Waals surface area contributed by atoms with Crippen LogP contribution in [0, 0.1) is 6.92 Å². The van der Waals surface area contributed by atoms with Crippen LogP contribution in [-0.4, -0.2) is 26.9 Å². The molecule has 1 amide bonds. The molecule has 0 fully saturated rings. The minimum absolute atomic E-state index is 0.121. The van der Waals surface area contributed by atoms with E-state index in [0.29, 0.717) is 36.1 Å². The Morgan fingerprint density at radius 3 is 2.33 bits per heavy atom. The molecule has 0 saturated carbocycles. The van der Waals surface area contributed by atoms with Crippen molar-refractivity contribution in [2.24, 2.45) is 0 Å². The molecule has 0 aliphatic rings. The molecule has 1 aromatic heterocycles. The van der Waals surface area contributed by atoms with Crippen molar-refractivity contribution in [3.05, 3.63) is 148 Å². The van der Waals surface area contributed by atoms with E-state index in [1.54, 1.807) is 10.6 Å². The second-order valence-corrected chi connectivity index (χ2v) is 9.90. The summed E-state index contributed by atoms with van der Waals surface area (Å²) in [5.41, 5.74) is 4.36. The number of carbonyl (C=O) groups is 1. The minimum atomic E-state index is -0.422. The molecule has 0 bridgehead atoms. The van der Waals surface area contributed by atoms with Gasteiger partial charge in [-0.15, -0.1) is 0 Å². The number of fused-ring (bicyclic) bond motifs is 1. The summed E-state index contributed by atoms with van der Waals surface area (Å²) in [6, 6.07) is 34.8. The summed E-state index contributed by atoms with van der Waals surface area (Å²) in [4.78, 5) is 34.7. The molecule has 0 saturated heterocycles. The number of para-hydroxylation sites is 1. The topological polar surface area (TPSA) is 55.2 Å². The molecule has 40 heavy (non-hydrogen) atoms. The third-order valence-electron chi connectivity index (χ3n) is 7.11. The molecular weight excluding hydrogens is 494 g/mol. The summed E-state index contributed by atoms with van der Waals surface area (Å²) < 4.78 is 1.69. The number of aryl methyl sites for hydroxylation is 1. The number of amides is 1. The lowest BCUT2D eigenvalue weighted by Gasteiger charge is -2.32. The number of nitrogens with zero attached hydrogens (tertiary/aromatic N) is 3. The fourth-order valence-corrected chi connectivity index (χ4v) is 5.07. The monoisotopic (exact) mass is 527 g/mol. The Hall–Kier alpha value is -4.77. The van der Waals surface area contributed by atoms with Gasteiger partial charge >= 0.3 is 0 Å². The minimum Gasteiger partial charge on any atom is -0.329 e. The van der Waals surface area contributed by atoms with Gasteiger partial charge in [0.2, 0.25) is 5.91 Å². The van der Waals surface area contributed by atoms with Gasteiger partial charge in [-0.2, -0.15) is 0 Å². The molecule has 1 unspecified atom stereocenters. The molecule has 0 aliphatic heterocycles. The summed E-state index contributed by atoms with van der Waals surface area (Å²) in [6.07, 6.45) is 4.74. The van der Waals surface area contributed by atoms with E-state index in [-0.39, 0.29) is 11.5 Å². The van der Waals surface area contributed by atoms with Crippen LogP contribution in [0.15, 0.2) is 120 Å². The molecule has 5 aromatic rings. The van der Waals surface area contributed by atoms with Crippen molar-refractivity contribution < 1.29 is 4.79 Å². The Bertz CT molecular complexity index is 1690. The summed E-state index contributed by atoms with van der Waals surface area (Å²) in [5, 5.41) is 0.550. The van der Waals surface area contributed by atoms with E-state index in [9.17, 15) is 9.59 Å². The third kappa shape index (κ3) is 5.94. The summed E-state index contributed by atoms with van der Waals surface area (Å²) >= 11 is 0. The van der Waals surface area contributed by atoms with E-state index < -0.39 is 6.04 Å². The Balaban J connectivity index is 1.64. The van der Waals surface area contributed by atoms with E-state index >= 15 is 0 Å². The molecule has 0 radical (unpaired) electrons. The van der Waals surface area contributed by atoms with Gasteiger partial charge in [0.25, 0.3) is 5.56 Å². The highest BCUT2D eigenvalue weighted by atomic mass is 16.2. The van der Waals surface area contributed by atoms with Gasteiger partial charge < -0.3 is 4.90 Å². The van der Waals surface area contributed by atoms with Crippen molar-refractivity contribution in [2.75, 3.05) is 6.54 Å². The summed E-state index contributed by atoms with van der Waals surface area (Å²) in [6.45, 7) is 4.53. The number of aromatic nitrogens is 2. The molecule has 0 aliphatic carbocycles. The maximum absolute atomic E-state index is 14.0. The zero-order valence-electron chi connectivity index (χ0n) is 22.9. The first-order valence-corrected chi connectivity index (χ1v) is 13.7. The highest BCUT2D eigenvalue weighted by Gasteiger charge is 2.28. The molecule has 5 rings (SSSR count). The number of rotatable bonds is 9. The molecular formula is C35H33N3O2. The fourth-order valence-electron chi connectivity index (χ4n) is 5.07. The van der Waals surface area contributed by atoms with Crippen LogP contribution in [0.1, 0.15) is 41.9 Å². The standard InChI is InChI=1S/C35H33N3O2/c1-3-32(34-36-31-20-11-10-19-30(31)35(40)38(34)29-18-12-13-26(2)25-29)37(24-23-28-16-8-5-9-17-28)33(39)22-21-27-14-6-4-7-15-27/h4-22,25,32H,3,23-24H2,1-2H3. The van der Waals surface area contributed by atoms with Crippen LogP contribution in [0.4, 0.5) is 0 Å². The molecule has 1 atom stereocenters. The molecule has 1 heterocycles. The average molecular weight is 528 g/mol. The maximum atomic E-state index is 14.0. The van der Waals surface area contributed by atoms with Crippen LogP contribution in [0.3, 0.4) is 0 Å². The number of carbonyl (C=O) groups excluding carboxylic acids is 1. The zero-order valence-corrected chi connectivity index (χ0v) is 22.9. The molecule has 0 spiro atoms. The van der Waals surface area contributed by atoms with E-state index in [0.717, 1.165) is 22.4 Å². The number of hydrogen-bond donors (Lipinski definition) is 0. The Labute approximate surface area is 235 Å². The maximum Gasteiger partial charge on any atom is 0.266 e. The summed E-state index contributed by atoms with van der Waals surface area (Å²) in [5.74, 6) is 0.441. The largest absolute Gasteiger partial charge is 0.329 e. The van der Waals surface area contributed by atoms with Crippen molar-refractivity contribution in [3.8, 4) is 5.69 Å². The molecule has 200 valence electrons. The Morgan fingerprint density at radius 1 is 0.900 bits per heavy atom. The fraction of sp³-hybridized carbons (Fsp3) is 0.171. The second-order valence-electron chi connectivity index (χ2n) is 9.90. The average Bonchev–Trinajstić information content (AvgIpc) is 2.99. The van der Waals surface area contributed by atoms with Gasteiger partial charge in [0, 0.05) is 12.6 Å². The Morgan fingerprint density at radius 2 is 1.60 bits per heavy atom. The lowest BCUT2D eigenvalue weighted by molar-refractivity contribution is -0.128. The highest BCUT2D eigenvalue weighted by molar-refractivity contribution is 5.92. The van der Waals surface area contributed by atoms with Gasteiger partial charge in [-0.1, -0.05) is 91.9 Å². The summed E-state index contributed by atoms with van der Waals surface area (Å²) in [7, 11) is 0. The molecule has 0 N–H and O–H groups in total. The molecule has 4 aromatic carbocycles.